The lowest BCUT2D eigenvalue weighted by Gasteiger charge is -2.47. The second kappa shape index (κ2) is 10.3. The summed E-state index contributed by atoms with van der Waals surface area (Å²) < 4.78 is 5.35. The Labute approximate surface area is 234 Å². The van der Waals surface area contributed by atoms with E-state index in [2.05, 4.69) is 0 Å². The molecule has 0 N–H and O–H groups in total. The maximum absolute atomic E-state index is 13.1. The standard InChI is InChI=1S/C30H23N5O4S/c1-2-39-29(36)28-32-34(23-17-19-24(20-18-23)35(37)38)30(40-28)26-16-10-9-15-25(26)27(21-11-5-3-6-12-21)31-33(30)22-13-7-4-8-14-22/h3-20H,2H2,1H3/t30-/m1/s1. The van der Waals surface area contributed by atoms with E-state index >= 15 is 0 Å². The van der Waals surface area contributed by atoms with Gasteiger partial charge in [0.05, 0.1) is 28.6 Å². The Morgan fingerprint density at radius 1 is 0.850 bits per heavy atom. The molecule has 198 valence electrons. The third-order valence-electron chi connectivity index (χ3n) is 6.54. The number of nitro groups is 1. The molecule has 2 aliphatic rings. The summed E-state index contributed by atoms with van der Waals surface area (Å²) >= 11 is 1.22. The number of anilines is 2. The molecule has 0 unspecified atom stereocenters. The summed E-state index contributed by atoms with van der Waals surface area (Å²) in [5.74, 6) is -0.556. The summed E-state index contributed by atoms with van der Waals surface area (Å²) in [4.78, 5) is 22.8. The van der Waals surface area contributed by atoms with E-state index in [0.29, 0.717) is 5.69 Å². The van der Waals surface area contributed by atoms with Crippen LogP contribution in [0.1, 0.15) is 23.6 Å². The van der Waals surface area contributed by atoms with Gasteiger partial charge in [0, 0.05) is 28.8 Å². The average Bonchev–Trinajstić information content (AvgIpc) is 3.39. The van der Waals surface area contributed by atoms with E-state index < -0.39 is 15.9 Å². The van der Waals surface area contributed by atoms with Crippen molar-refractivity contribution in [2.24, 2.45) is 10.2 Å². The molecule has 0 saturated heterocycles. The second-order valence-corrected chi connectivity index (χ2v) is 10.1. The molecule has 10 heteroatoms. The van der Waals surface area contributed by atoms with Crippen molar-refractivity contribution in [3.63, 3.8) is 0 Å². The number of rotatable bonds is 6. The van der Waals surface area contributed by atoms with Crippen molar-refractivity contribution in [2.45, 2.75) is 11.9 Å². The van der Waals surface area contributed by atoms with Gasteiger partial charge in [0.1, 0.15) is 0 Å². The highest BCUT2D eigenvalue weighted by atomic mass is 32.2. The Morgan fingerprint density at radius 2 is 1.45 bits per heavy atom. The number of hydrogen-bond acceptors (Lipinski definition) is 9. The molecule has 6 rings (SSSR count). The smallest absolute Gasteiger partial charge is 0.365 e. The number of carbonyl (C=O) groups is 1. The topological polar surface area (TPSA) is 101 Å². The van der Waals surface area contributed by atoms with Gasteiger partial charge in [0.2, 0.25) is 10.0 Å². The van der Waals surface area contributed by atoms with Gasteiger partial charge >= 0.3 is 5.97 Å². The Balaban J connectivity index is 1.63. The minimum absolute atomic E-state index is 0.0485. The number of hydrogen-bond donors (Lipinski definition) is 0. The first kappa shape index (κ1) is 25.3. The van der Waals surface area contributed by atoms with Crippen molar-refractivity contribution < 1.29 is 14.5 Å². The zero-order chi connectivity index (χ0) is 27.7. The maximum atomic E-state index is 13.1. The highest BCUT2D eigenvalue weighted by Crippen LogP contribution is 2.55. The minimum atomic E-state index is -1.19. The van der Waals surface area contributed by atoms with Crippen LogP contribution in [0.25, 0.3) is 0 Å². The fourth-order valence-electron chi connectivity index (χ4n) is 4.80. The third-order valence-corrected chi connectivity index (χ3v) is 7.83. The SMILES string of the molecule is CCOC(=O)C1=NN(c2ccc([N+](=O)[O-])cc2)[C@@]2(S1)c1ccccc1C(c1ccccc1)=NN2c1ccccc1. The van der Waals surface area contributed by atoms with Gasteiger partial charge < -0.3 is 4.74 Å². The van der Waals surface area contributed by atoms with Crippen molar-refractivity contribution in [3.8, 4) is 0 Å². The lowest BCUT2D eigenvalue weighted by Crippen LogP contribution is -2.54. The zero-order valence-corrected chi connectivity index (χ0v) is 22.2. The number of nitro benzene ring substituents is 1. The van der Waals surface area contributed by atoms with Gasteiger partial charge in [-0.1, -0.05) is 72.8 Å². The lowest BCUT2D eigenvalue weighted by molar-refractivity contribution is -0.384. The van der Waals surface area contributed by atoms with Crippen LogP contribution in [0, 0.1) is 10.1 Å². The van der Waals surface area contributed by atoms with Crippen molar-refractivity contribution in [3.05, 3.63) is 136 Å². The highest BCUT2D eigenvalue weighted by molar-refractivity contribution is 8.16. The summed E-state index contributed by atoms with van der Waals surface area (Å²) in [6.07, 6.45) is 0. The van der Waals surface area contributed by atoms with Crippen molar-refractivity contribution >= 4 is 45.5 Å². The first-order valence-corrected chi connectivity index (χ1v) is 13.4. The molecule has 2 heterocycles. The Morgan fingerprint density at radius 3 is 2.12 bits per heavy atom. The van der Waals surface area contributed by atoms with Gasteiger partial charge in [-0.05, 0) is 43.0 Å². The third kappa shape index (κ3) is 4.18. The molecule has 1 atom stereocenters. The van der Waals surface area contributed by atoms with Crippen LogP contribution in [0.5, 0.6) is 0 Å². The molecule has 0 fully saturated rings. The van der Waals surface area contributed by atoms with E-state index in [4.69, 9.17) is 14.9 Å². The molecule has 0 aromatic heterocycles. The fraction of sp³-hybridized carbons (Fsp3) is 0.100. The van der Waals surface area contributed by atoms with Gasteiger partial charge in [-0.25, -0.2) is 14.8 Å². The normalized spacial score (nSPS) is 17.7. The van der Waals surface area contributed by atoms with Gasteiger partial charge in [-0.3, -0.25) is 10.1 Å². The monoisotopic (exact) mass is 549 g/mol. The predicted molar refractivity (Wildman–Crippen MR) is 156 cm³/mol. The molecule has 4 aromatic carbocycles. The van der Waals surface area contributed by atoms with Crippen LogP contribution in [0.3, 0.4) is 0 Å². The maximum Gasteiger partial charge on any atom is 0.365 e. The van der Waals surface area contributed by atoms with Gasteiger partial charge in [0.15, 0.2) is 0 Å². The van der Waals surface area contributed by atoms with Crippen molar-refractivity contribution in [1.82, 2.24) is 0 Å². The van der Waals surface area contributed by atoms with Gasteiger partial charge in [-0.2, -0.15) is 10.2 Å². The van der Waals surface area contributed by atoms with Crippen LogP contribution in [0.2, 0.25) is 0 Å². The number of fused-ring (bicyclic) bond motifs is 2. The van der Waals surface area contributed by atoms with E-state index in [1.54, 1.807) is 24.1 Å². The molecule has 1 spiro atoms. The number of hydrazone groups is 2. The van der Waals surface area contributed by atoms with Gasteiger partial charge in [-0.15, -0.1) is 0 Å². The molecular formula is C30H23N5O4S. The van der Waals surface area contributed by atoms with E-state index in [1.165, 1.54) is 23.9 Å². The van der Waals surface area contributed by atoms with Crippen LogP contribution in [0.15, 0.2) is 119 Å². The summed E-state index contributed by atoms with van der Waals surface area (Å²) in [6, 6.07) is 33.5. The summed E-state index contributed by atoms with van der Waals surface area (Å²) in [5.41, 5.74) is 4.69. The molecule has 0 aliphatic carbocycles. The molecule has 2 aliphatic heterocycles. The Hall–Kier alpha value is -4.96. The molecule has 40 heavy (non-hydrogen) atoms. The van der Waals surface area contributed by atoms with Gasteiger partial charge in [0.25, 0.3) is 5.69 Å². The largest absolute Gasteiger partial charge is 0.461 e. The molecule has 9 nitrogen and oxygen atoms in total. The first-order chi connectivity index (χ1) is 19.5. The van der Waals surface area contributed by atoms with Crippen molar-refractivity contribution in [1.29, 1.82) is 0 Å². The van der Waals surface area contributed by atoms with E-state index in [1.807, 2.05) is 89.9 Å². The Bertz CT molecular complexity index is 1640. The van der Waals surface area contributed by atoms with E-state index in [0.717, 1.165) is 28.1 Å². The minimum Gasteiger partial charge on any atom is -0.461 e. The number of esters is 1. The summed E-state index contributed by atoms with van der Waals surface area (Å²) in [6.45, 7) is 1.93. The number of nitrogens with zero attached hydrogens (tertiary/aromatic N) is 5. The Kier molecular flexibility index (Phi) is 6.53. The molecule has 0 saturated carbocycles. The highest BCUT2D eigenvalue weighted by Gasteiger charge is 2.56. The van der Waals surface area contributed by atoms with Crippen molar-refractivity contribution in [2.75, 3.05) is 16.6 Å². The lowest BCUT2D eigenvalue weighted by atomic mass is 9.93. The number of non-ortho nitro benzene ring substituents is 1. The number of carbonyl (C=O) groups excluding carboxylic acids is 1. The summed E-state index contributed by atoms with van der Waals surface area (Å²) in [5, 5.41) is 25.1. The summed E-state index contributed by atoms with van der Waals surface area (Å²) in [7, 11) is 0. The number of benzene rings is 4. The molecule has 4 aromatic rings. The van der Waals surface area contributed by atoms with Crippen LogP contribution < -0.4 is 10.0 Å². The van der Waals surface area contributed by atoms with Crippen LogP contribution >= 0.6 is 11.8 Å². The van der Waals surface area contributed by atoms with E-state index in [9.17, 15) is 14.9 Å². The molecule has 0 bridgehead atoms. The molecule has 0 amide bonds. The number of para-hydroxylation sites is 1. The molecule has 0 radical (unpaired) electrons. The average molecular weight is 550 g/mol. The van der Waals surface area contributed by atoms with Crippen LogP contribution in [-0.4, -0.2) is 28.3 Å². The second-order valence-electron chi connectivity index (χ2n) is 8.93. The number of ether oxygens (including phenoxy) is 1. The quantitative estimate of drug-likeness (QED) is 0.163. The first-order valence-electron chi connectivity index (χ1n) is 12.6. The number of thioether (sulfide) groups is 1. The molecular weight excluding hydrogens is 526 g/mol. The van der Waals surface area contributed by atoms with E-state index in [-0.39, 0.29) is 17.3 Å². The van der Waals surface area contributed by atoms with Crippen LogP contribution in [0.4, 0.5) is 17.1 Å². The fourth-order valence-corrected chi connectivity index (χ4v) is 6.09. The zero-order valence-electron chi connectivity index (χ0n) is 21.4. The van der Waals surface area contributed by atoms with Crippen LogP contribution in [-0.2, 0) is 14.5 Å². The predicted octanol–water partition coefficient (Wildman–Crippen LogP) is 6.11.